The number of dihydropyridines is 1. The number of nitrogens with zero attached hydrogens (tertiary/aromatic N) is 2. The molecule has 4 radical (unpaired) electrons. The van der Waals surface area contributed by atoms with E-state index in [1.54, 1.807) is 19.9 Å². The second kappa shape index (κ2) is 16.1. The third-order valence-corrected chi connectivity index (χ3v) is 8.02. The van der Waals surface area contributed by atoms with Crippen molar-refractivity contribution in [2.24, 2.45) is 0 Å². The van der Waals surface area contributed by atoms with Crippen molar-refractivity contribution in [3.05, 3.63) is 134 Å². The molecule has 0 saturated carbocycles. The largest absolute Gasteiger partial charge is 0.466 e. The van der Waals surface area contributed by atoms with E-state index in [1.807, 2.05) is 33.0 Å². The summed E-state index contributed by atoms with van der Waals surface area (Å²) >= 11 is 0. The Labute approximate surface area is 291 Å². The van der Waals surface area contributed by atoms with Crippen LogP contribution in [0.3, 0.4) is 0 Å². The molecule has 1 heterocycles. The molecule has 240 valence electrons. The van der Waals surface area contributed by atoms with Crippen LogP contribution in [0.1, 0.15) is 62.6 Å². The van der Waals surface area contributed by atoms with Gasteiger partial charge < -0.3 is 19.7 Å². The molecule has 0 saturated heterocycles. The van der Waals surface area contributed by atoms with Crippen LogP contribution < -0.4 is 5.32 Å². The van der Waals surface area contributed by atoms with Gasteiger partial charge in [-0.05, 0) is 64.4 Å². The predicted octanol–water partition coefficient (Wildman–Crippen LogP) is 6.10. The van der Waals surface area contributed by atoms with Gasteiger partial charge in [-0.2, -0.15) is 0 Å². The van der Waals surface area contributed by atoms with Crippen molar-refractivity contribution < 1.29 is 24.0 Å². The van der Waals surface area contributed by atoms with Gasteiger partial charge in [0.25, 0.3) is 5.69 Å². The number of esters is 2. The summed E-state index contributed by atoms with van der Waals surface area (Å²) in [5.74, 6) is -1.96. The first kappa shape index (κ1) is 36.6. The zero-order chi connectivity index (χ0) is 32.7. The summed E-state index contributed by atoms with van der Waals surface area (Å²) in [4.78, 5) is 40.2. The van der Waals surface area contributed by atoms with Gasteiger partial charge in [-0.15, -0.1) is 0 Å². The maximum atomic E-state index is 14.0. The van der Waals surface area contributed by atoms with Gasteiger partial charge in [0.05, 0.1) is 29.1 Å². The van der Waals surface area contributed by atoms with Gasteiger partial charge in [0.1, 0.15) is 5.60 Å². The molecule has 0 aliphatic carbocycles. The summed E-state index contributed by atoms with van der Waals surface area (Å²) in [5.41, 5.74) is 3.24. The molecule has 0 spiro atoms. The molecule has 3 aromatic rings. The molecule has 0 bridgehead atoms. The minimum Gasteiger partial charge on any atom is -0.466 e. The molecule has 1 aliphatic rings. The zero-order valence-electron chi connectivity index (χ0n) is 27.2. The number of rotatable bonds is 12. The van der Waals surface area contributed by atoms with Gasteiger partial charge in [-0.1, -0.05) is 72.8 Å². The molecule has 9 nitrogen and oxygen atoms in total. The molecule has 1 unspecified atom stereocenters. The van der Waals surface area contributed by atoms with Crippen LogP contribution in [-0.2, 0) is 19.1 Å². The summed E-state index contributed by atoms with van der Waals surface area (Å²) < 4.78 is 11.2. The summed E-state index contributed by atoms with van der Waals surface area (Å²) in [6.45, 7) is 8.34. The molecule has 1 atom stereocenters. The third-order valence-electron chi connectivity index (χ3n) is 8.02. The summed E-state index contributed by atoms with van der Waals surface area (Å²) in [5, 5.41) is 14.7. The van der Waals surface area contributed by atoms with Crippen LogP contribution >= 0.6 is 0 Å². The Bertz CT molecular complexity index is 1560. The van der Waals surface area contributed by atoms with Crippen LogP contribution in [-0.4, -0.2) is 81.9 Å². The smallest absolute Gasteiger partial charge is 0.337 e. The molecule has 3 aromatic carbocycles. The number of nitro benzene ring substituents is 1. The summed E-state index contributed by atoms with van der Waals surface area (Å²) in [6.07, 6.45) is 0.865. The second-order valence-electron chi connectivity index (χ2n) is 12.0. The van der Waals surface area contributed by atoms with E-state index in [9.17, 15) is 19.7 Å². The van der Waals surface area contributed by atoms with Gasteiger partial charge >= 0.3 is 11.9 Å². The Balaban J connectivity index is 0.00000576. The van der Waals surface area contributed by atoms with Crippen molar-refractivity contribution in [2.75, 3.05) is 27.2 Å². The number of hydrogen-bond acceptors (Lipinski definition) is 8. The number of nitro groups is 1. The normalized spacial score (nSPS) is 14.9. The minimum absolute atomic E-state index is 0. The van der Waals surface area contributed by atoms with Crippen LogP contribution in [0.4, 0.5) is 5.69 Å². The Morgan fingerprint density at radius 3 is 1.98 bits per heavy atom. The molecular formula is C36H41N3O6Pb. The van der Waals surface area contributed by atoms with E-state index < -0.39 is 28.4 Å². The number of nitrogens with one attached hydrogen (secondary N) is 1. The number of non-ortho nitro benzene ring substituents is 1. The quantitative estimate of drug-likeness (QED) is 0.101. The average Bonchev–Trinajstić information content (AvgIpc) is 3.01. The number of carbonyl (C=O) groups is 2. The first-order chi connectivity index (χ1) is 21.4. The molecule has 0 aromatic heterocycles. The second-order valence-corrected chi connectivity index (χ2v) is 12.0. The SMILES string of the molecule is COC(=O)C1=C(C)NC(C)=C(C(=O)OC(C)(C)CN(C)CCC(c2ccccc2)c2ccccc2)C1c1cccc([N+](=O)[O-])c1.[Pb]. The van der Waals surface area contributed by atoms with E-state index in [4.69, 9.17) is 9.47 Å². The Kier molecular flexibility index (Phi) is 12.8. The van der Waals surface area contributed by atoms with Crippen LogP contribution in [0.5, 0.6) is 0 Å². The first-order valence-corrected chi connectivity index (χ1v) is 14.9. The Morgan fingerprint density at radius 2 is 1.46 bits per heavy atom. The predicted molar refractivity (Wildman–Crippen MR) is 179 cm³/mol. The summed E-state index contributed by atoms with van der Waals surface area (Å²) in [6, 6.07) is 26.8. The molecule has 0 amide bonds. The molecule has 1 aliphatic heterocycles. The van der Waals surface area contributed by atoms with Gasteiger partial charge in [-0.25, -0.2) is 9.59 Å². The molecule has 10 heteroatoms. The molecule has 0 fully saturated rings. The van der Waals surface area contributed by atoms with Crippen LogP contribution in [0.15, 0.2) is 107 Å². The number of benzene rings is 3. The van der Waals surface area contributed by atoms with Crippen molar-refractivity contribution in [3.8, 4) is 0 Å². The van der Waals surface area contributed by atoms with Crippen molar-refractivity contribution >= 4 is 44.9 Å². The average molecular weight is 819 g/mol. The standard InChI is InChI=1S/C36H41N3O6.Pb/c1-24-31(34(40)44-6)33(28-18-13-19-29(22-28)39(42)43)32(25(2)37-24)35(41)45-36(3,4)23-38(5)21-20-30(26-14-9-7-10-15-26)27-16-11-8-12-17-27;/h7-19,22,30,33,37H,20-21,23H2,1-6H3;. The Hall–Kier alpha value is -3.84. The van der Waals surface area contributed by atoms with Crippen LogP contribution in [0.25, 0.3) is 0 Å². The van der Waals surface area contributed by atoms with Crippen molar-refractivity contribution in [3.63, 3.8) is 0 Å². The zero-order valence-corrected chi connectivity index (χ0v) is 31.1. The number of likely N-dealkylation sites (N-methyl/N-ethyl adjacent to an activating group) is 1. The number of allylic oxidation sites excluding steroid dienone is 2. The van der Waals surface area contributed by atoms with Gasteiger partial charge in [-0.3, -0.25) is 10.1 Å². The van der Waals surface area contributed by atoms with Crippen LogP contribution in [0.2, 0.25) is 0 Å². The summed E-state index contributed by atoms with van der Waals surface area (Å²) in [7, 11) is 3.26. The van der Waals surface area contributed by atoms with E-state index in [-0.39, 0.29) is 50.1 Å². The maximum absolute atomic E-state index is 14.0. The van der Waals surface area contributed by atoms with Crippen molar-refractivity contribution in [2.45, 2.75) is 51.6 Å². The van der Waals surface area contributed by atoms with Crippen molar-refractivity contribution in [1.29, 1.82) is 0 Å². The first-order valence-electron chi connectivity index (χ1n) is 14.9. The van der Waals surface area contributed by atoms with E-state index in [0.29, 0.717) is 23.5 Å². The fraction of sp³-hybridized carbons (Fsp3) is 0.333. The number of carbonyl (C=O) groups excluding carboxylic acids is 2. The van der Waals surface area contributed by atoms with E-state index in [0.717, 1.165) is 13.0 Å². The Morgan fingerprint density at radius 1 is 0.913 bits per heavy atom. The van der Waals surface area contributed by atoms with Gasteiger partial charge in [0.15, 0.2) is 0 Å². The maximum Gasteiger partial charge on any atom is 0.337 e. The minimum atomic E-state index is -0.919. The van der Waals surface area contributed by atoms with Crippen LogP contribution in [0, 0.1) is 10.1 Å². The van der Waals surface area contributed by atoms with E-state index >= 15 is 0 Å². The van der Waals surface area contributed by atoms with Gasteiger partial charge in [0.2, 0.25) is 0 Å². The fourth-order valence-electron chi connectivity index (χ4n) is 6.11. The molecule has 1 N–H and O–H groups in total. The molecule has 46 heavy (non-hydrogen) atoms. The monoisotopic (exact) mass is 819 g/mol. The van der Waals surface area contributed by atoms with E-state index in [1.165, 1.54) is 36.4 Å². The van der Waals surface area contributed by atoms with Gasteiger partial charge in [0, 0.05) is 63.3 Å². The van der Waals surface area contributed by atoms with Crippen molar-refractivity contribution in [1.82, 2.24) is 10.2 Å². The molecular weight excluding hydrogens is 778 g/mol. The number of hydrogen-bond donors (Lipinski definition) is 1. The topological polar surface area (TPSA) is 111 Å². The number of methoxy groups -OCH3 is 1. The van der Waals surface area contributed by atoms with E-state index in [2.05, 4.69) is 58.7 Å². The third kappa shape index (κ3) is 8.91. The molecule has 4 rings (SSSR count). The number of ether oxygens (including phenoxy) is 2. The fourth-order valence-corrected chi connectivity index (χ4v) is 6.11.